The van der Waals surface area contributed by atoms with E-state index in [1.54, 1.807) is 0 Å². The van der Waals surface area contributed by atoms with Crippen LogP contribution in [0, 0.1) is 0 Å². The van der Waals surface area contributed by atoms with Crippen LogP contribution >= 0.6 is 7.82 Å². The molecule has 0 saturated heterocycles. The van der Waals surface area contributed by atoms with Crippen LogP contribution in [0.25, 0.3) is 0 Å². The third-order valence-electron chi connectivity index (χ3n) is 11.4. The lowest BCUT2D eigenvalue weighted by Gasteiger charge is -2.28. The summed E-state index contributed by atoms with van der Waals surface area (Å²) in [6.07, 6.45) is 64.7. The molecule has 0 saturated carbocycles. The third-order valence-corrected chi connectivity index (χ3v) is 12.4. The molecule has 68 heavy (non-hydrogen) atoms. The molecule has 0 aliphatic rings. The van der Waals surface area contributed by atoms with E-state index < -0.39 is 32.5 Å². The zero-order chi connectivity index (χ0) is 49.9. The van der Waals surface area contributed by atoms with Crippen molar-refractivity contribution in [1.82, 2.24) is 0 Å². The second kappa shape index (κ2) is 49.2. The Balaban J connectivity index is 4.24. The summed E-state index contributed by atoms with van der Waals surface area (Å²) in [5, 5.41) is 0. The second-order valence-electron chi connectivity index (χ2n) is 19.2. The van der Waals surface area contributed by atoms with Crippen molar-refractivity contribution in [3.8, 4) is 0 Å². The van der Waals surface area contributed by atoms with E-state index in [2.05, 4.69) is 98.9 Å². The highest BCUT2D eigenvalue weighted by molar-refractivity contribution is 7.45. The van der Waals surface area contributed by atoms with E-state index in [9.17, 15) is 19.0 Å². The van der Waals surface area contributed by atoms with Crippen molar-refractivity contribution in [3.05, 3.63) is 85.1 Å². The summed E-state index contributed by atoms with van der Waals surface area (Å²) in [5.74, 6) is -0.847. The fraction of sp³-hybridized carbons (Fsp3) is 0.724. The molecule has 0 rings (SSSR count). The first kappa shape index (κ1) is 65.2. The molecule has 10 heteroatoms. The van der Waals surface area contributed by atoms with Crippen molar-refractivity contribution in [3.63, 3.8) is 0 Å². The Morgan fingerprint density at radius 1 is 0.471 bits per heavy atom. The molecule has 0 aromatic heterocycles. The smallest absolute Gasteiger partial charge is 0.306 e. The predicted molar refractivity (Wildman–Crippen MR) is 286 cm³/mol. The monoisotopic (exact) mass is 972 g/mol. The molecule has 0 N–H and O–H groups in total. The van der Waals surface area contributed by atoms with E-state index in [1.165, 1.54) is 89.9 Å². The maximum absolute atomic E-state index is 12.8. The zero-order valence-corrected chi connectivity index (χ0v) is 45.2. The number of hydrogen-bond donors (Lipinski definition) is 0. The molecule has 0 radical (unpaired) electrons. The molecule has 2 atom stereocenters. The lowest BCUT2D eigenvalue weighted by Crippen LogP contribution is -2.37. The van der Waals surface area contributed by atoms with Gasteiger partial charge in [0.25, 0.3) is 7.82 Å². The van der Waals surface area contributed by atoms with Gasteiger partial charge in [-0.15, -0.1) is 0 Å². The zero-order valence-electron chi connectivity index (χ0n) is 44.3. The average Bonchev–Trinajstić information content (AvgIpc) is 3.30. The van der Waals surface area contributed by atoms with Crippen molar-refractivity contribution in [2.75, 3.05) is 47.5 Å². The number of carbonyl (C=O) groups excluding carboxylic acids is 2. The van der Waals surface area contributed by atoms with E-state index in [4.69, 9.17) is 18.5 Å². The van der Waals surface area contributed by atoms with Crippen LogP contribution in [0.5, 0.6) is 0 Å². The Labute approximate surface area is 418 Å². The van der Waals surface area contributed by atoms with Gasteiger partial charge in [-0.2, -0.15) is 0 Å². The van der Waals surface area contributed by atoms with Gasteiger partial charge in [0.2, 0.25) is 0 Å². The minimum atomic E-state index is -4.64. The molecule has 0 aliphatic heterocycles. The number of unbranched alkanes of at least 4 members (excludes halogenated alkanes) is 21. The molecule has 392 valence electrons. The topological polar surface area (TPSA) is 111 Å². The number of rotatable bonds is 49. The van der Waals surface area contributed by atoms with Crippen molar-refractivity contribution in [2.45, 2.75) is 225 Å². The summed E-state index contributed by atoms with van der Waals surface area (Å²) in [5.41, 5.74) is 0. The van der Waals surface area contributed by atoms with Gasteiger partial charge in [0.05, 0.1) is 27.7 Å². The van der Waals surface area contributed by atoms with E-state index in [0.717, 1.165) is 96.3 Å². The number of phosphoric ester groups is 1. The van der Waals surface area contributed by atoms with Crippen molar-refractivity contribution >= 4 is 19.8 Å². The summed E-state index contributed by atoms with van der Waals surface area (Å²) in [6, 6.07) is 0. The van der Waals surface area contributed by atoms with Crippen molar-refractivity contribution in [2.24, 2.45) is 0 Å². The van der Waals surface area contributed by atoms with Gasteiger partial charge in [-0.25, -0.2) is 0 Å². The van der Waals surface area contributed by atoms with Crippen molar-refractivity contribution < 1.29 is 42.1 Å². The van der Waals surface area contributed by atoms with Gasteiger partial charge in [-0.1, -0.05) is 202 Å². The maximum atomic E-state index is 12.8. The van der Waals surface area contributed by atoms with Crippen LogP contribution < -0.4 is 4.89 Å². The molecule has 2 unspecified atom stereocenters. The highest BCUT2D eigenvalue weighted by Crippen LogP contribution is 2.38. The Hall–Kier alpha value is -2.81. The van der Waals surface area contributed by atoms with E-state index in [0.29, 0.717) is 17.4 Å². The molecule has 0 spiro atoms. The van der Waals surface area contributed by atoms with E-state index in [-0.39, 0.29) is 26.1 Å². The van der Waals surface area contributed by atoms with Gasteiger partial charge < -0.3 is 27.9 Å². The normalized spacial score (nSPS) is 14.0. The minimum absolute atomic E-state index is 0.0366. The number of ether oxygens (including phenoxy) is 2. The molecule has 0 fully saturated rings. The Morgan fingerprint density at radius 2 is 0.838 bits per heavy atom. The second-order valence-corrected chi connectivity index (χ2v) is 20.6. The highest BCUT2D eigenvalue weighted by atomic mass is 31.2. The number of phosphoric acid groups is 1. The number of carbonyl (C=O) groups is 2. The summed E-state index contributed by atoms with van der Waals surface area (Å²) in [4.78, 5) is 37.8. The molecular weight excluding hydrogens is 870 g/mol. The number of hydrogen-bond acceptors (Lipinski definition) is 8. The lowest BCUT2D eigenvalue weighted by atomic mass is 10.1. The SMILES string of the molecule is CC/C=C\C/C=C\C/C=C\C/C=C\C/C=C\CCCCCCCCCCCC(=O)OC(COC(=O)CCCCCCCCCCC/C=C\C/C=C\CCCCC)COP(=O)([O-])OCC[N+](C)(C)C. The fourth-order valence-corrected chi connectivity index (χ4v) is 7.91. The number of allylic oxidation sites excluding steroid dienone is 14. The minimum Gasteiger partial charge on any atom is -0.756 e. The van der Waals surface area contributed by atoms with Crippen LogP contribution in [-0.2, 0) is 32.7 Å². The van der Waals surface area contributed by atoms with Crippen LogP contribution in [0.4, 0.5) is 0 Å². The standard InChI is InChI=1S/C58H102NO8P/c1-6-8-10-12-14-16-18-20-22-24-26-27-28-29-30-31-33-35-37-39-41-43-45-47-49-51-58(61)67-56(55-66-68(62,63)65-53-52-59(3,4)5)54-64-57(60)50-48-46-44-42-40-38-36-34-32-25-23-21-19-17-15-13-11-9-7-2/h8,10,14-17,20-23,26-27,29-30,56H,6-7,9,11-13,18-19,24-25,28,31-55H2,1-5H3/b10-8-,16-14-,17-15-,22-20-,23-21-,27-26-,30-29-. The quantitative estimate of drug-likeness (QED) is 0.0195. The molecule has 9 nitrogen and oxygen atoms in total. The molecule has 0 amide bonds. The van der Waals surface area contributed by atoms with Gasteiger partial charge >= 0.3 is 11.9 Å². The largest absolute Gasteiger partial charge is 0.756 e. The summed E-state index contributed by atoms with van der Waals surface area (Å²) >= 11 is 0. The number of likely N-dealkylation sites (N-methyl/N-ethyl adjacent to an activating group) is 1. The fourth-order valence-electron chi connectivity index (χ4n) is 7.18. The summed E-state index contributed by atoms with van der Waals surface area (Å²) in [7, 11) is 1.15. The third kappa shape index (κ3) is 52.6. The van der Waals surface area contributed by atoms with Gasteiger partial charge in [0, 0.05) is 12.8 Å². The Kier molecular flexibility index (Phi) is 47.2. The predicted octanol–water partition coefficient (Wildman–Crippen LogP) is 16.1. The van der Waals surface area contributed by atoms with Gasteiger partial charge in [-0.3, -0.25) is 14.2 Å². The maximum Gasteiger partial charge on any atom is 0.306 e. The first-order valence-corrected chi connectivity index (χ1v) is 28.8. The van der Waals surface area contributed by atoms with Crippen LogP contribution in [0.15, 0.2) is 85.1 Å². The molecule has 0 bridgehead atoms. The molecular formula is C58H102NO8P. The molecule has 0 heterocycles. The summed E-state index contributed by atoms with van der Waals surface area (Å²) in [6.45, 7) is 4.09. The average molecular weight is 972 g/mol. The lowest BCUT2D eigenvalue weighted by molar-refractivity contribution is -0.870. The molecule has 0 aromatic rings. The first-order valence-electron chi connectivity index (χ1n) is 27.3. The van der Waals surface area contributed by atoms with E-state index >= 15 is 0 Å². The Morgan fingerprint density at radius 3 is 1.25 bits per heavy atom. The van der Waals surface area contributed by atoms with Crippen molar-refractivity contribution in [1.29, 1.82) is 0 Å². The number of quaternary nitrogens is 1. The van der Waals surface area contributed by atoms with Gasteiger partial charge in [0.15, 0.2) is 6.10 Å². The number of nitrogens with zero attached hydrogens (tertiary/aromatic N) is 1. The van der Waals surface area contributed by atoms with Crippen LogP contribution in [0.3, 0.4) is 0 Å². The number of esters is 2. The highest BCUT2D eigenvalue weighted by Gasteiger charge is 2.21. The molecule has 0 aromatic carbocycles. The van der Waals surface area contributed by atoms with Crippen LogP contribution in [-0.4, -0.2) is 70.0 Å². The summed E-state index contributed by atoms with van der Waals surface area (Å²) < 4.78 is 34.1. The van der Waals surface area contributed by atoms with Gasteiger partial charge in [-0.05, 0) is 89.9 Å². The van der Waals surface area contributed by atoms with Crippen LogP contribution in [0.2, 0.25) is 0 Å². The van der Waals surface area contributed by atoms with E-state index in [1.807, 2.05) is 21.1 Å². The Bertz CT molecular complexity index is 1420. The first-order chi connectivity index (χ1) is 33.0. The van der Waals surface area contributed by atoms with Gasteiger partial charge in [0.1, 0.15) is 19.8 Å². The van der Waals surface area contributed by atoms with Crippen LogP contribution in [0.1, 0.15) is 219 Å². The molecule has 0 aliphatic carbocycles.